The number of benzene rings is 12. The second-order valence-electron chi connectivity index (χ2n) is 18.2. The van der Waals surface area contributed by atoms with E-state index in [-0.39, 0.29) is 0 Å². The predicted octanol–water partition coefficient (Wildman–Crippen LogP) is 19.8. The van der Waals surface area contributed by atoms with Crippen molar-refractivity contribution in [2.24, 2.45) is 0 Å². The molecule has 0 aliphatic carbocycles. The fourth-order valence-corrected chi connectivity index (χ4v) is 9.87. The van der Waals surface area contributed by atoms with Gasteiger partial charge in [-0.15, -0.1) is 0 Å². The first-order valence-corrected chi connectivity index (χ1v) is 24.6. The molecule has 340 valence electrons. The number of hydrogen-bond donors (Lipinski definition) is 0. The van der Waals surface area contributed by atoms with Crippen LogP contribution in [0.5, 0.6) is 0 Å². The van der Waals surface area contributed by atoms with Crippen molar-refractivity contribution in [2.45, 2.75) is 0 Å². The Morgan fingerprint density at radius 2 is 0.389 bits per heavy atom. The normalized spacial score (nSPS) is 11.1. The Balaban J connectivity index is 1.03. The third-order valence-corrected chi connectivity index (χ3v) is 13.7. The molecule has 0 radical (unpaired) electrons. The standard InChI is InChI=1S/C70H50N2/c1-5-15-51(16-6-1)56-25-27-57(28-26-56)61-37-45-68(46-38-61)72(67-43-35-60(36-44-67)54-21-11-4-12-22-54)70-49-64(63-30-29-55-23-13-14-24-62(55)47-63)48-69(50-70)71(65-39-31-58(32-40-65)52-17-7-2-8-18-52)66-41-33-59(34-42-66)53-19-9-3-10-20-53/h1-50H. The molecule has 0 spiro atoms. The molecule has 0 aliphatic rings. The van der Waals surface area contributed by atoms with Crippen molar-refractivity contribution in [1.82, 2.24) is 0 Å². The molecule has 0 aliphatic heterocycles. The highest BCUT2D eigenvalue weighted by atomic mass is 15.2. The first-order valence-electron chi connectivity index (χ1n) is 24.6. The third-order valence-electron chi connectivity index (χ3n) is 13.7. The van der Waals surface area contributed by atoms with Crippen LogP contribution in [0.3, 0.4) is 0 Å². The van der Waals surface area contributed by atoms with E-state index in [0.29, 0.717) is 0 Å². The van der Waals surface area contributed by atoms with E-state index in [9.17, 15) is 0 Å². The second kappa shape index (κ2) is 19.8. The van der Waals surface area contributed by atoms with Gasteiger partial charge in [-0.25, -0.2) is 0 Å². The van der Waals surface area contributed by atoms with Gasteiger partial charge in [-0.2, -0.15) is 0 Å². The summed E-state index contributed by atoms with van der Waals surface area (Å²) in [6.07, 6.45) is 0. The van der Waals surface area contributed by atoms with Gasteiger partial charge in [0.25, 0.3) is 0 Å². The number of hydrogen-bond acceptors (Lipinski definition) is 2. The summed E-state index contributed by atoms with van der Waals surface area (Å²) in [6.45, 7) is 0. The topological polar surface area (TPSA) is 6.48 Å². The molecular weight excluding hydrogens is 869 g/mol. The fourth-order valence-electron chi connectivity index (χ4n) is 9.87. The molecule has 0 fully saturated rings. The Morgan fingerprint density at radius 3 is 0.708 bits per heavy atom. The minimum absolute atomic E-state index is 1.04. The average Bonchev–Trinajstić information content (AvgIpc) is 3.47. The molecular formula is C70H50N2. The van der Waals surface area contributed by atoms with Gasteiger partial charge in [-0.1, -0.05) is 231 Å². The van der Waals surface area contributed by atoms with Gasteiger partial charge in [0.1, 0.15) is 0 Å². The fraction of sp³-hybridized carbons (Fsp3) is 0. The van der Waals surface area contributed by atoms with E-state index in [1.165, 1.54) is 60.8 Å². The van der Waals surface area contributed by atoms with Crippen molar-refractivity contribution >= 4 is 44.9 Å². The maximum Gasteiger partial charge on any atom is 0.0488 e. The number of anilines is 6. The molecule has 12 aromatic rings. The summed E-state index contributed by atoms with van der Waals surface area (Å²) in [4.78, 5) is 4.80. The molecule has 0 atom stereocenters. The van der Waals surface area contributed by atoms with E-state index in [4.69, 9.17) is 0 Å². The highest BCUT2D eigenvalue weighted by Gasteiger charge is 2.21. The maximum atomic E-state index is 2.40. The second-order valence-corrected chi connectivity index (χ2v) is 18.2. The monoisotopic (exact) mass is 918 g/mol. The first kappa shape index (κ1) is 43.8. The molecule has 72 heavy (non-hydrogen) atoms. The number of fused-ring (bicyclic) bond motifs is 1. The van der Waals surface area contributed by atoms with Gasteiger partial charge in [-0.05, 0) is 150 Å². The Morgan fingerprint density at radius 1 is 0.139 bits per heavy atom. The van der Waals surface area contributed by atoms with Gasteiger partial charge >= 0.3 is 0 Å². The van der Waals surface area contributed by atoms with Crippen LogP contribution >= 0.6 is 0 Å². The molecule has 0 aromatic heterocycles. The highest BCUT2D eigenvalue weighted by molar-refractivity contribution is 5.92. The van der Waals surface area contributed by atoms with Crippen LogP contribution in [0.1, 0.15) is 0 Å². The van der Waals surface area contributed by atoms with E-state index in [0.717, 1.165) is 50.8 Å². The van der Waals surface area contributed by atoms with Crippen molar-refractivity contribution in [2.75, 3.05) is 9.80 Å². The lowest BCUT2D eigenvalue weighted by Crippen LogP contribution is -2.13. The molecule has 12 aromatic carbocycles. The summed E-state index contributed by atoms with van der Waals surface area (Å²) in [5.74, 6) is 0. The molecule has 0 saturated heterocycles. The quantitative estimate of drug-likeness (QED) is 0.120. The van der Waals surface area contributed by atoms with Crippen molar-refractivity contribution in [1.29, 1.82) is 0 Å². The van der Waals surface area contributed by atoms with Gasteiger partial charge in [-0.3, -0.25) is 0 Å². The van der Waals surface area contributed by atoms with Crippen LogP contribution in [0, 0.1) is 0 Å². The van der Waals surface area contributed by atoms with Crippen LogP contribution in [0.15, 0.2) is 303 Å². The molecule has 12 rings (SSSR count). The summed E-state index contributed by atoms with van der Waals surface area (Å²) in [6, 6.07) is 110. The Hall–Kier alpha value is -9.50. The van der Waals surface area contributed by atoms with E-state index < -0.39 is 0 Å². The zero-order valence-electron chi connectivity index (χ0n) is 39.8. The lowest BCUT2D eigenvalue weighted by molar-refractivity contribution is 1.25. The summed E-state index contributed by atoms with van der Waals surface area (Å²) in [5.41, 5.74) is 20.4. The highest BCUT2D eigenvalue weighted by Crippen LogP contribution is 2.45. The van der Waals surface area contributed by atoms with Crippen molar-refractivity contribution in [3.63, 3.8) is 0 Å². The maximum absolute atomic E-state index is 2.40. The largest absolute Gasteiger partial charge is 0.310 e. The molecule has 0 amide bonds. The molecule has 0 heterocycles. The minimum atomic E-state index is 1.04. The van der Waals surface area contributed by atoms with Crippen LogP contribution < -0.4 is 9.80 Å². The lowest BCUT2D eigenvalue weighted by atomic mass is 9.98. The van der Waals surface area contributed by atoms with Gasteiger partial charge < -0.3 is 9.80 Å². The van der Waals surface area contributed by atoms with Crippen LogP contribution in [0.25, 0.3) is 77.5 Å². The number of rotatable bonds is 12. The third kappa shape index (κ3) is 9.21. The number of nitrogens with zero attached hydrogens (tertiary/aromatic N) is 2. The smallest absolute Gasteiger partial charge is 0.0488 e. The minimum Gasteiger partial charge on any atom is -0.310 e. The van der Waals surface area contributed by atoms with Crippen LogP contribution in [-0.2, 0) is 0 Å². The predicted molar refractivity (Wildman–Crippen MR) is 306 cm³/mol. The van der Waals surface area contributed by atoms with Gasteiger partial charge in [0.2, 0.25) is 0 Å². The zero-order chi connectivity index (χ0) is 48.1. The summed E-state index contributed by atoms with van der Waals surface area (Å²) >= 11 is 0. The molecule has 0 saturated carbocycles. The Bertz CT molecular complexity index is 3640. The van der Waals surface area contributed by atoms with E-state index in [1.807, 2.05) is 0 Å². The van der Waals surface area contributed by atoms with Crippen LogP contribution in [-0.4, -0.2) is 0 Å². The van der Waals surface area contributed by atoms with Gasteiger partial charge in [0.05, 0.1) is 0 Å². The molecule has 0 unspecified atom stereocenters. The SMILES string of the molecule is c1ccc(-c2ccc(-c3ccc(N(c4ccc(-c5ccccc5)cc4)c4cc(-c5ccc6ccccc6c5)cc(N(c5ccc(-c6ccccc6)cc5)c5ccc(-c6ccccc6)cc5)c4)cc3)cc2)cc1. The Labute approximate surface area is 422 Å². The van der Waals surface area contributed by atoms with E-state index in [2.05, 4.69) is 313 Å². The summed E-state index contributed by atoms with van der Waals surface area (Å²) in [7, 11) is 0. The first-order chi connectivity index (χ1) is 35.7. The van der Waals surface area contributed by atoms with Crippen LogP contribution in [0.2, 0.25) is 0 Å². The van der Waals surface area contributed by atoms with E-state index in [1.54, 1.807) is 0 Å². The van der Waals surface area contributed by atoms with Crippen molar-refractivity contribution in [3.05, 3.63) is 303 Å². The van der Waals surface area contributed by atoms with Crippen LogP contribution in [0.4, 0.5) is 34.1 Å². The molecule has 0 N–H and O–H groups in total. The van der Waals surface area contributed by atoms with Gasteiger partial charge in [0, 0.05) is 34.1 Å². The molecule has 0 bridgehead atoms. The van der Waals surface area contributed by atoms with Crippen molar-refractivity contribution in [3.8, 4) is 66.8 Å². The Kier molecular flexibility index (Phi) is 12.1. The zero-order valence-corrected chi connectivity index (χ0v) is 39.8. The van der Waals surface area contributed by atoms with Gasteiger partial charge in [0.15, 0.2) is 0 Å². The average molecular weight is 919 g/mol. The lowest BCUT2D eigenvalue weighted by Gasteiger charge is -2.31. The van der Waals surface area contributed by atoms with Crippen molar-refractivity contribution < 1.29 is 0 Å². The molecule has 2 heteroatoms. The summed E-state index contributed by atoms with van der Waals surface area (Å²) in [5, 5.41) is 2.42. The summed E-state index contributed by atoms with van der Waals surface area (Å²) < 4.78 is 0. The molecule has 2 nitrogen and oxygen atoms in total. The van der Waals surface area contributed by atoms with E-state index >= 15 is 0 Å².